The fourth-order valence-electron chi connectivity index (χ4n) is 4.02. The molecule has 108 valence electrons. The largest absolute Gasteiger partial charge is 0.353 e. The van der Waals surface area contributed by atoms with Crippen LogP contribution in [0.5, 0.6) is 0 Å². The van der Waals surface area contributed by atoms with E-state index < -0.39 is 0 Å². The number of pyridine rings is 1. The summed E-state index contributed by atoms with van der Waals surface area (Å²) >= 11 is 0. The molecule has 0 saturated carbocycles. The third-order valence-corrected chi connectivity index (χ3v) is 4.80. The molecule has 0 radical (unpaired) electrons. The summed E-state index contributed by atoms with van der Waals surface area (Å²) in [4.78, 5) is 8.46. The van der Waals surface area contributed by atoms with Crippen molar-refractivity contribution in [3.05, 3.63) is 41.2 Å². The van der Waals surface area contributed by atoms with Crippen LogP contribution in [0.1, 0.15) is 43.3 Å². The van der Waals surface area contributed by atoms with E-state index in [1.54, 1.807) is 0 Å². The predicted octanol–water partition coefficient (Wildman–Crippen LogP) is 3.28. The lowest BCUT2D eigenvalue weighted by atomic mass is 9.73. The summed E-state index contributed by atoms with van der Waals surface area (Å²) in [6, 6.07) is 8.87. The molecule has 0 spiro atoms. The second kappa shape index (κ2) is 4.08. The second-order valence-electron chi connectivity index (χ2n) is 7.22. The van der Waals surface area contributed by atoms with Crippen LogP contribution in [0.4, 0.5) is 0 Å². The number of nitrogens with zero attached hydrogens (tertiary/aromatic N) is 1. The maximum absolute atomic E-state index is 4.91. The van der Waals surface area contributed by atoms with Gasteiger partial charge in [-0.3, -0.25) is 4.98 Å². The van der Waals surface area contributed by atoms with Crippen molar-refractivity contribution in [1.82, 2.24) is 9.97 Å². The minimum atomic E-state index is 0.290. The Balaban J connectivity index is 2.15. The average molecular weight is 280 g/mol. The summed E-state index contributed by atoms with van der Waals surface area (Å²) in [5.74, 6) is 0. The molecule has 1 aliphatic rings. The highest BCUT2D eigenvalue weighted by Crippen LogP contribution is 2.43. The zero-order chi connectivity index (χ0) is 14.8. The van der Waals surface area contributed by atoms with Gasteiger partial charge >= 0.3 is 0 Å². The molecule has 1 aliphatic carbocycles. The lowest BCUT2D eigenvalue weighted by Gasteiger charge is -2.33. The quantitative estimate of drug-likeness (QED) is 0.652. The maximum Gasteiger partial charge on any atom is 0.113 e. The molecule has 0 aliphatic heterocycles. The van der Waals surface area contributed by atoms with Gasteiger partial charge in [0.1, 0.15) is 6.04 Å². The topological polar surface area (TPSA) is 56.3 Å². The molecule has 0 fully saturated rings. The number of hydrogen-bond donors (Lipinski definition) is 2. The van der Waals surface area contributed by atoms with Crippen molar-refractivity contribution in [3.8, 4) is 0 Å². The van der Waals surface area contributed by atoms with Crippen molar-refractivity contribution in [1.29, 1.82) is 0 Å². The van der Waals surface area contributed by atoms with Crippen LogP contribution in [-0.4, -0.2) is 9.97 Å². The van der Waals surface area contributed by atoms with Gasteiger partial charge in [-0.15, -0.1) is 0 Å². The number of aromatic amines is 1. The number of hydrogen-bond acceptors (Lipinski definition) is 1. The minimum Gasteiger partial charge on any atom is -0.353 e. The molecule has 4 rings (SSSR count). The molecule has 2 heterocycles. The fourth-order valence-corrected chi connectivity index (χ4v) is 4.02. The van der Waals surface area contributed by atoms with E-state index in [0.717, 1.165) is 18.5 Å². The van der Waals surface area contributed by atoms with E-state index in [1.807, 2.05) is 0 Å². The molecule has 3 aromatic rings. The standard InChI is InChI=1S/C18H21N3/c1-10-17-15(11-6-4-5-7-13(11)21-17)16-12(19)8-18(2,3)9-14(16)20-10/h4-7,12,21H,8-9,19H2,1-3H3/p+1/t12-/m1/s1. The van der Waals surface area contributed by atoms with E-state index in [1.165, 1.54) is 33.1 Å². The summed E-state index contributed by atoms with van der Waals surface area (Å²) in [5, 5.41) is 2.66. The highest BCUT2D eigenvalue weighted by atomic mass is 14.8. The fraction of sp³-hybridized carbons (Fsp3) is 0.389. The van der Waals surface area contributed by atoms with E-state index in [2.05, 4.69) is 55.8 Å². The summed E-state index contributed by atoms with van der Waals surface area (Å²) < 4.78 is 0. The first-order chi connectivity index (χ1) is 9.96. The van der Waals surface area contributed by atoms with Crippen LogP contribution < -0.4 is 5.73 Å². The van der Waals surface area contributed by atoms with Gasteiger partial charge in [0.25, 0.3) is 0 Å². The van der Waals surface area contributed by atoms with E-state index in [-0.39, 0.29) is 0 Å². The number of H-pyrrole nitrogens is 1. The third kappa shape index (κ3) is 1.80. The molecule has 1 aromatic carbocycles. The second-order valence-corrected chi connectivity index (χ2v) is 7.22. The lowest BCUT2D eigenvalue weighted by molar-refractivity contribution is -0.433. The number of aryl methyl sites for hydroxylation is 1. The SMILES string of the molecule is Cc1nc2c(c3c1[nH]c1ccccc13)[C@H]([NH3+])CC(C)(C)C2. The first kappa shape index (κ1) is 12.8. The summed E-state index contributed by atoms with van der Waals surface area (Å²) in [5.41, 5.74) is 10.8. The van der Waals surface area contributed by atoms with Crippen LogP contribution in [0.25, 0.3) is 21.8 Å². The van der Waals surface area contributed by atoms with Crippen molar-refractivity contribution in [2.75, 3.05) is 0 Å². The highest BCUT2D eigenvalue weighted by Gasteiger charge is 2.35. The Kier molecular flexibility index (Phi) is 2.49. The Morgan fingerprint density at radius 3 is 2.86 bits per heavy atom. The lowest BCUT2D eigenvalue weighted by Crippen LogP contribution is -2.57. The summed E-state index contributed by atoms with van der Waals surface area (Å²) in [6.07, 6.45) is 2.17. The van der Waals surface area contributed by atoms with Crippen molar-refractivity contribution in [2.24, 2.45) is 5.41 Å². The van der Waals surface area contributed by atoms with Crippen LogP contribution in [-0.2, 0) is 6.42 Å². The summed E-state index contributed by atoms with van der Waals surface area (Å²) in [6.45, 7) is 6.76. The maximum atomic E-state index is 4.91. The van der Waals surface area contributed by atoms with E-state index in [0.29, 0.717) is 11.5 Å². The molecule has 4 N–H and O–H groups in total. The Labute approximate surface area is 124 Å². The van der Waals surface area contributed by atoms with Crippen molar-refractivity contribution in [3.63, 3.8) is 0 Å². The Morgan fingerprint density at radius 2 is 2.05 bits per heavy atom. The van der Waals surface area contributed by atoms with Gasteiger partial charge in [-0.25, -0.2) is 0 Å². The molecule has 0 bridgehead atoms. The Bertz CT molecular complexity index is 858. The van der Waals surface area contributed by atoms with Gasteiger partial charge in [-0.1, -0.05) is 32.0 Å². The molecular formula is C18H22N3+. The molecular weight excluding hydrogens is 258 g/mol. The molecule has 3 nitrogen and oxygen atoms in total. The van der Waals surface area contributed by atoms with Crippen LogP contribution in [0.2, 0.25) is 0 Å². The van der Waals surface area contributed by atoms with Gasteiger partial charge in [0, 0.05) is 28.3 Å². The number of aromatic nitrogens is 2. The number of benzene rings is 1. The molecule has 0 unspecified atom stereocenters. The van der Waals surface area contributed by atoms with Crippen molar-refractivity contribution in [2.45, 2.75) is 39.7 Å². The summed E-state index contributed by atoms with van der Waals surface area (Å²) in [7, 11) is 0. The van der Waals surface area contributed by atoms with E-state index in [9.17, 15) is 0 Å². The Morgan fingerprint density at radius 1 is 1.29 bits per heavy atom. The van der Waals surface area contributed by atoms with Gasteiger partial charge in [0.15, 0.2) is 0 Å². The number of para-hydroxylation sites is 1. The van der Waals surface area contributed by atoms with Crippen LogP contribution >= 0.6 is 0 Å². The van der Waals surface area contributed by atoms with Crippen LogP contribution in [0.15, 0.2) is 24.3 Å². The van der Waals surface area contributed by atoms with Crippen molar-refractivity contribution < 1.29 is 5.73 Å². The molecule has 21 heavy (non-hydrogen) atoms. The van der Waals surface area contributed by atoms with E-state index >= 15 is 0 Å². The molecule has 3 heteroatoms. The normalized spacial score (nSPS) is 20.9. The van der Waals surface area contributed by atoms with Gasteiger partial charge in [0.2, 0.25) is 0 Å². The average Bonchev–Trinajstić information content (AvgIpc) is 2.77. The monoisotopic (exact) mass is 280 g/mol. The van der Waals surface area contributed by atoms with Crippen LogP contribution in [0.3, 0.4) is 0 Å². The van der Waals surface area contributed by atoms with Gasteiger partial charge in [0.05, 0.1) is 16.9 Å². The zero-order valence-corrected chi connectivity index (χ0v) is 13.0. The van der Waals surface area contributed by atoms with E-state index in [4.69, 9.17) is 4.98 Å². The molecule has 2 aromatic heterocycles. The highest BCUT2D eigenvalue weighted by molar-refractivity contribution is 6.10. The predicted molar refractivity (Wildman–Crippen MR) is 86.1 cm³/mol. The van der Waals surface area contributed by atoms with Gasteiger partial charge in [-0.2, -0.15) is 0 Å². The minimum absolute atomic E-state index is 0.290. The molecule has 0 amide bonds. The zero-order valence-electron chi connectivity index (χ0n) is 13.0. The number of quaternary nitrogens is 1. The Hall–Kier alpha value is -1.87. The van der Waals surface area contributed by atoms with Crippen LogP contribution in [0, 0.1) is 12.3 Å². The van der Waals surface area contributed by atoms with Gasteiger partial charge in [-0.05, 0) is 24.8 Å². The molecule has 1 atom stereocenters. The smallest absolute Gasteiger partial charge is 0.113 e. The third-order valence-electron chi connectivity index (χ3n) is 4.80. The van der Waals surface area contributed by atoms with Gasteiger partial charge < -0.3 is 10.7 Å². The number of fused-ring (bicyclic) bond motifs is 5. The van der Waals surface area contributed by atoms with Crippen molar-refractivity contribution >= 4 is 21.8 Å². The molecule has 0 saturated heterocycles. The first-order valence-electron chi connectivity index (χ1n) is 7.69. The number of nitrogens with one attached hydrogen (secondary N) is 1. The number of rotatable bonds is 0. The first-order valence-corrected chi connectivity index (χ1v) is 7.69.